The lowest BCUT2D eigenvalue weighted by atomic mass is 10.2. The second-order valence-corrected chi connectivity index (χ2v) is 5.19. The molecule has 1 atom stereocenters. The van der Waals surface area contributed by atoms with Gasteiger partial charge in [-0.1, -0.05) is 12.1 Å². The third-order valence-electron chi connectivity index (χ3n) is 2.63. The van der Waals surface area contributed by atoms with E-state index in [1.54, 1.807) is 6.20 Å². The average molecular weight is 326 g/mol. The molecule has 3 N–H and O–H groups in total. The van der Waals surface area contributed by atoms with E-state index in [9.17, 15) is 5.11 Å². The summed E-state index contributed by atoms with van der Waals surface area (Å²) in [6, 6.07) is 7.89. The fourth-order valence-electron chi connectivity index (χ4n) is 1.69. The minimum atomic E-state index is -0.745. The van der Waals surface area contributed by atoms with Gasteiger partial charge in [0.25, 0.3) is 0 Å². The minimum absolute atomic E-state index is 0.242. The van der Waals surface area contributed by atoms with Crippen LogP contribution in [0.25, 0.3) is 0 Å². The highest BCUT2D eigenvalue weighted by Gasteiger charge is 2.02. The number of benzene rings is 1. The quantitative estimate of drug-likeness (QED) is 0.752. The molecule has 5 nitrogen and oxygen atoms in total. The van der Waals surface area contributed by atoms with Gasteiger partial charge in [0.15, 0.2) is 0 Å². The number of aliphatic hydroxyl groups excluding tert-OH is 2. The normalized spacial score (nSPS) is 12.4. The highest BCUT2D eigenvalue weighted by molar-refractivity contribution is 9.10. The molecular formula is C13H16BrN3O2. The van der Waals surface area contributed by atoms with Crippen molar-refractivity contribution >= 4 is 21.6 Å². The molecule has 0 aliphatic heterocycles. The molecule has 0 aliphatic carbocycles. The summed E-state index contributed by atoms with van der Waals surface area (Å²) < 4.78 is 2.79. The Kier molecular flexibility index (Phi) is 4.95. The van der Waals surface area contributed by atoms with E-state index in [0.717, 1.165) is 15.7 Å². The molecule has 0 bridgehead atoms. The lowest BCUT2D eigenvalue weighted by Crippen LogP contribution is -2.22. The van der Waals surface area contributed by atoms with Crippen LogP contribution in [0.4, 0.5) is 5.69 Å². The van der Waals surface area contributed by atoms with Crippen molar-refractivity contribution in [1.82, 2.24) is 9.78 Å². The van der Waals surface area contributed by atoms with Crippen LogP contribution in [0.1, 0.15) is 5.56 Å². The Morgan fingerprint density at radius 1 is 1.42 bits per heavy atom. The smallest absolute Gasteiger partial charge is 0.0942 e. The molecule has 1 heterocycles. The van der Waals surface area contributed by atoms with E-state index < -0.39 is 6.10 Å². The monoisotopic (exact) mass is 325 g/mol. The molecule has 1 aromatic heterocycles. The zero-order chi connectivity index (χ0) is 13.7. The van der Waals surface area contributed by atoms with E-state index in [-0.39, 0.29) is 6.61 Å². The zero-order valence-corrected chi connectivity index (χ0v) is 11.9. The summed E-state index contributed by atoms with van der Waals surface area (Å²) in [6.45, 7) is 0.769. The first-order valence-electron chi connectivity index (χ1n) is 5.97. The number of nitrogens with one attached hydrogen (secondary N) is 1. The molecule has 0 saturated heterocycles. The fourth-order valence-corrected chi connectivity index (χ4v) is 2.02. The van der Waals surface area contributed by atoms with Crippen LogP contribution in [0.2, 0.25) is 0 Å². The summed E-state index contributed by atoms with van der Waals surface area (Å²) in [5.74, 6) is 0. The number of rotatable bonds is 6. The lowest BCUT2D eigenvalue weighted by Gasteiger charge is -2.11. The average Bonchev–Trinajstić information content (AvgIpc) is 2.82. The largest absolute Gasteiger partial charge is 0.394 e. The van der Waals surface area contributed by atoms with Crippen LogP contribution in [0.3, 0.4) is 0 Å². The number of nitrogens with zero attached hydrogens (tertiary/aromatic N) is 2. The van der Waals surface area contributed by atoms with Gasteiger partial charge >= 0.3 is 0 Å². The molecule has 0 amide bonds. The van der Waals surface area contributed by atoms with Crippen LogP contribution >= 0.6 is 15.9 Å². The number of halogens is 1. The number of hydrogen-bond acceptors (Lipinski definition) is 4. The molecule has 1 aromatic carbocycles. The van der Waals surface area contributed by atoms with Crippen molar-refractivity contribution in [2.24, 2.45) is 0 Å². The zero-order valence-electron chi connectivity index (χ0n) is 10.3. The van der Waals surface area contributed by atoms with Crippen molar-refractivity contribution in [3.05, 3.63) is 46.7 Å². The number of aliphatic hydroxyl groups is 2. The number of aromatic nitrogens is 2. The molecule has 102 valence electrons. The minimum Gasteiger partial charge on any atom is -0.394 e. The molecule has 19 heavy (non-hydrogen) atoms. The fraction of sp³-hybridized carbons (Fsp3) is 0.308. The Labute approximate surface area is 120 Å². The first-order chi connectivity index (χ1) is 9.17. The molecule has 6 heteroatoms. The molecular weight excluding hydrogens is 310 g/mol. The van der Waals surface area contributed by atoms with Crippen LogP contribution in [0.5, 0.6) is 0 Å². The molecule has 0 spiro atoms. The molecule has 0 radical (unpaired) electrons. The second kappa shape index (κ2) is 6.70. The SMILES string of the molecule is OCC(O)CNc1cccc(Cn2cc(Br)cn2)c1. The van der Waals surface area contributed by atoms with E-state index in [1.165, 1.54) is 0 Å². The third-order valence-corrected chi connectivity index (χ3v) is 3.04. The Hall–Kier alpha value is -1.37. The van der Waals surface area contributed by atoms with E-state index in [2.05, 4.69) is 26.3 Å². The number of hydrogen-bond donors (Lipinski definition) is 3. The van der Waals surface area contributed by atoms with Gasteiger partial charge in [0.1, 0.15) is 0 Å². The van der Waals surface area contributed by atoms with E-state index in [0.29, 0.717) is 13.1 Å². The highest BCUT2D eigenvalue weighted by Crippen LogP contribution is 2.13. The first-order valence-corrected chi connectivity index (χ1v) is 6.76. The van der Waals surface area contributed by atoms with Crippen LogP contribution in [0.15, 0.2) is 41.1 Å². The van der Waals surface area contributed by atoms with E-state index >= 15 is 0 Å². The summed E-state index contributed by atoms with van der Waals surface area (Å²) in [6.07, 6.45) is 2.92. The molecule has 2 aromatic rings. The maximum absolute atomic E-state index is 9.29. The van der Waals surface area contributed by atoms with Gasteiger partial charge in [0.05, 0.1) is 29.9 Å². The molecule has 0 aliphatic rings. The summed E-state index contributed by atoms with van der Waals surface area (Å²) in [4.78, 5) is 0. The lowest BCUT2D eigenvalue weighted by molar-refractivity contribution is 0.105. The van der Waals surface area contributed by atoms with Crippen molar-refractivity contribution in [3.8, 4) is 0 Å². The van der Waals surface area contributed by atoms with Crippen molar-refractivity contribution in [1.29, 1.82) is 0 Å². The third kappa shape index (κ3) is 4.34. The van der Waals surface area contributed by atoms with Crippen molar-refractivity contribution in [3.63, 3.8) is 0 Å². The highest BCUT2D eigenvalue weighted by atomic mass is 79.9. The predicted octanol–water partition coefficient (Wildman–Crippen LogP) is 1.46. The predicted molar refractivity (Wildman–Crippen MR) is 77.1 cm³/mol. The van der Waals surface area contributed by atoms with Gasteiger partial charge in [-0.05, 0) is 33.6 Å². The Morgan fingerprint density at radius 3 is 2.95 bits per heavy atom. The van der Waals surface area contributed by atoms with E-state index in [4.69, 9.17) is 5.11 Å². The van der Waals surface area contributed by atoms with Crippen LogP contribution in [-0.2, 0) is 6.54 Å². The molecule has 0 fully saturated rings. The maximum atomic E-state index is 9.29. The Bertz CT molecular complexity index is 530. The number of anilines is 1. The van der Waals surface area contributed by atoms with Gasteiger partial charge in [-0.25, -0.2) is 0 Å². The summed E-state index contributed by atoms with van der Waals surface area (Å²) in [5, 5.41) is 25.3. The molecule has 2 rings (SSSR count). The summed E-state index contributed by atoms with van der Waals surface area (Å²) >= 11 is 3.36. The van der Waals surface area contributed by atoms with Crippen molar-refractivity contribution in [2.75, 3.05) is 18.5 Å². The van der Waals surface area contributed by atoms with Gasteiger partial charge < -0.3 is 15.5 Å². The van der Waals surface area contributed by atoms with Gasteiger partial charge in [-0.15, -0.1) is 0 Å². The van der Waals surface area contributed by atoms with Crippen molar-refractivity contribution < 1.29 is 10.2 Å². The Morgan fingerprint density at radius 2 is 2.26 bits per heavy atom. The van der Waals surface area contributed by atoms with Crippen molar-refractivity contribution in [2.45, 2.75) is 12.6 Å². The van der Waals surface area contributed by atoms with Gasteiger partial charge in [-0.2, -0.15) is 5.10 Å². The topological polar surface area (TPSA) is 70.3 Å². The second-order valence-electron chi connectivity index (χ2n) is 4.27. The summed E-state index contributed by atoms with van der Waals surface area (Å²) in [7, 11) is 0. The van der Waals surface area contributed by atoms with Crippen LogP contribution in [-0.4, -0.2) is 39.2 Å². The van der Waals surface area contributed by atoms with E-state index in [1.807, 2.05) is 35.1 Å². The molecule has 1 unspecified atom stereocenters. The van der Waals surface area contributed by atoms with Gasteiger partial charge in [-0.3, -0.25) is 4.68 Å². The molecule has 0 saturated carbocycles. The Balaban J connectivity index is 1.98. The van der Waals surface area contributed by atoms with Crippen LogP contribution < -0.4 is 5.32 Å². The van der Waals surface area contributed by atoms with Crippen LogP contribution in [0, 0.1) is 0 Å². The van der Waals surface area contributed by atoms with Gasteiger partial charge in [0.2, 0.25) is 0 Å². The standard InChI is InChI=1S/C13H16BrN3O2/c14-11-5-16-17(8-11)7-10-2-1-3-12(4-10)15-6-13(19)9-18/h1-5,8,13,15,18-19H,6-7,9H2. The first kappa shape index (κ1) is 14.0. The maximum Gasteiger partial charge on any atom is 0.0942 e. The summed E-state index contributed by atoms with van der Waals surface area (Å²) in [5.41, 5.74) is 2.02. The van der Waals surface area contributed by atoms with Gasteiger partial charge in [0, 0.05) is 18.4 Å².